The molecular weight excluding hydrogens is 296 g/mol. The molecular formula is C17H18N2O2S. The monoisotopic (exact) mass is 314 g/mol. The van der Waals surface area contributed by atoms with Gasteiger partial charge in [0.25, 0.3) is 0 Å². The van der Waals surface area contributed by atoms with Crippen molar-refractivity contribution in [1.82, 2.24) is 0 Å². The Hall–Kier alpha value is -2.14. The Morgan fingerprint density at radius 1 is 1.23 bits per heavy atom. The summed E-state index contributed by atoms with van der Waals surface area (Å²) in [6.07, 6.45) is 0. The maximum absolute atomic E-state index is 12.4. The van der Waals surface area contributed by atoms with Crippen LogP contribution in [0.3, 0.4) is 0 Å². The number of rotatable bonds is 4. The first-order valence-electron chi connectivity index (χ1n) is 7.21. The van der Waals surface area contributed by atoms with Gasteiger partial charge in [-0.1, -0.05) is 24.3 Å². The molecule has 114 valence electrons. The van der Waals surface area contributed by atoms with Gasteiger partial charge in [0.2, 0.25) is 5.91 Å². The standard InChI is InChI=1S/C17H18N2O2S/c1-2-21-15-6-4-3-5-14(15)19-16(20)11-22-17(19)12-7-9-13(18)10-8-12/h3-10,17H,2,11,18H2,1H3/t17-/m0/s1. The molecule has 4 nitrogen and oxygen atoms in total. The molecule has 2 N–H and O–H groups in total. The van der Waals surface area contributed by atoms with Gasteiger partial charge in [0.05, 0.1) is 18.0 Å². The number of thioether (sulfide) groups is 1. The van der Waals surface area contributed by atoms with Crippen LogP contribution in [0.2, 0.25) is 0 Å². The summed E-state index contributed by atoms with van der Waals surface area (Å²) in [6, 6.07) is 15.4. The summed E-state index contributed by atoms with van der Waals surface area (Å²) in [7, 11) is 0. The highest BCUT2D eigenvalue weighted by Crippen LogP contribution is 2.44. The van der Waals surface area contributed by atoms with Gasteiger partial charge in [-0.05, 0) is 36.8 Å². The normalized spacial score (nSPS) is 17.8. The van der Waals surface area contributed by atoms with Crippen LogP contribution < -0.4 is 15.4 Å². The summed E-state index contributed by atoms with van der Waals surface area (Å²) in [5.74, 6) is 1.30. The minimum atomic E-state index is -0.0466. The van der Waals surface area contributed by atoms with E-state index in [4.69, 9.17) is 10.5 Å². The molecule has 22 heavy (non-hydrogen) atoms. The highest BCUT2D eigenvalue weighted by molar-refractivity contribution is 8.00. The van der Waals surface area contributed by atoms with Crippen LogP contribution >= 0.6 is 11.8 Å². The van der Waals surface area contributed by atoms with Crippen molar-refractivity contribution >= 4 is 29.0 Å². The van der Waals surface area contributed by atoms with Gasteiger partial charge in [0, 0.05) is 5.69 Å². The third-order valence-corrected chi connectivity index (χ3v) is 4.73. The third-order valence-electron chi connectivity index (χ3n) is 3.51. The minimum Gasteiger partial charge on any atom is -0.492 e. The molecule has 2 aromatic carbocycles. The van der Waals surface area contributed by atoms with E-state index in [2.05, 4.69) is 0 Å². The Bertz CT molecular complexity index is 673. The molecule has 3 rings (SSSR count). The first-order valence-corrected chi connectivity index (χ1v) is 8.26. The molecule has 0 bridgehead atoms. The fourth-order valence-electron chi connectivity index (χ4n) is 2.53. The van der Waals surface area contributed by atoms with Crippen LogP contribution in [0.4, 0.5) is 11.4 Å². The molecule has 5 heteroatoms. The van der Waals surface area contributed by atoms with Crippen molar-refractivity contribution in [3.8, 4) is 5.75 Å². The Morgan fingerprint density at radius 3 is 2.68 bits per heavy atom. The first kappa shape index (κ1) is 14.8. The zero-order chi connectivity index (χ0) is 15.5. The number of anilines is 2. The van der Waals surface area contributed by atoms with E-state index in [1.54, 1.807) is 11.8 Å². The minimum absolute atomic E-state index is 0.0466. The predicted octanol–water partition coefficient (Wildman–Crippen LogP) is 3.45. The number of amides is 1. The van der Waals surface area contributed by atoms with Crippen molar-refractivity contribution in [2.75, 3.05) is 23.0 Å². The molecule has 1 heterocycles. The molecule has 1 amide bonds. The largest absolute Gasteiger partial charge is 0.492 e. The molecule has 0 unspecified atom stereocenters. The van der Waals surface area contributed by atoms with E-state index in [1.165, 1.54) is 0 Å². The van der Waals surface area contributed by atoms with E-state index in [9.17, 15) is 4.79 Å². The van der Waals surface area contributed by atoms with Crippen LogP contribution in [-0.4, -0.2) is 18.3 Å². The highest BCUT2D eigenvalue weighted by Gasteiger charge is 2.35. The van der Waals surface area contributed by atoms with Gasteiger partial charge in [-0.15, -0.1) is 11.8 Å². The van der Waals surface area contributed by atoms with Gasteiger partial charge in [0.1, 0.15) is 11.1 Å². The van der Waals surface area contributed by atoms with Crippen molar-refractivity contribution < 1.29 is 9.53 Å². The number of hydrogen-bond acceptors (Lipinski definition) is 4. The fourth-order valence-corrected chi connectivity index (χ4v) is 3.69. The second-order valence-corrected chi connectivity index (χ2v) is 6.06. The van der Waals surface area contributed by atoms with Crippen LogP contribution in [0.1, 0.15) is 17.9 Å². The summed E-state index contributed by atoms with van der Waals surface area (Å²) in [5.41, 5.74) is 8.36. The number of hydrogen-bond donors (Lipinski definition) is 1. The number of nitrogen functional groups attached to an aromatic ring is 1. The first-order chi connectivity index (χ1) is 10.7. The van der Waals surface area contributed by atoms with E-state index in [0.29, 0.717) is 12.4 Å². The summed E-state index contributed by atoms with van der Waals surface area (Å²) >= 11 is 1.62. The van der Waals surface area contributed by atoms with Crippen molar-refractivity contribution in [2.24, 2.45) is 0 Å². The molecule has 0 aliphatic carbocycles. The molecule has 1 aliphatic heterocycles. The Balaban J connectivity index is 1.99. The molecule has 2 aromatic rings. The maximum Gasteiger partial charge on any atom is 0.238 e. The van der Waals surface area contributed by atoms with Gasteiger partial charge in [0.15, 0.2) is 0 Å². The molecule has 0 aromatic heterocycles. The van der Waals surface area contributed by atoms with E-state index in [0.717, 1.165) is 22.7 Å². The average molecular weight is 314 g/mol. The van der Waals surface area contributed by atoms with Crippen LogP contribution in [-0.2, 0) is 4.79 Å². The summed E-state index contributed by atoms with van der Waals surface area (Å²) in [5, 5.41) is -0.0466. The maximum atomic E-state index is 12.4. The van der Waals surface area contributed by atoms with Gasteiger partial charge >= 0.3 is 0 Å². The van der Waals surface area contributed by atoms with Crippen molar-refractivity contribution in [3.05, 3.63) is 54.1 Å². The molecule has 1 atom stereocenters. The summed E-state index contributed by atoms with van der Waals surface area (Å²) < 4.78 is 5.68. The number of ether oxygens (including phenoxy) is 1. The van der Waals surface area contributed by atoms with E-state index in [-0.39, 0.29) is 11.3 Å². The highest BCUT2D eigenvalue weighted by atomic mass is 32.2. The molecule has 0 saturated carbocycles. The lowest BCUT2D eigenvalue weighted by Crippen LogP contribution is -2.28. The lowest BCUT2D eigenvalue weighted by molar-refractivity contribution is -0.115. The number of benzene rings is 2. The second-order valence-electron chi connectivity index (χ2n) is 4.99. The smallest absolute Gasteiger partial charge is 0.238 e. The topological polar surface area (TPSA) is 55.6 Å². The number of para-hydroxylation sites is 2. The van der Waals surface area contributed by atoms with Crippen LogP contribution in [0.25, 0.3) is 0 Å². The van der Waals surface area contributed by atoms with E-state index in [1.807, 2.05) is 60.4 Å². The number of carbonyl (C=O) groups is 1. The predicted molar refractivity (Wildman–Crippen MR) is 91.2 cm³/mol. The average Bonchev–Trinajstić information content (AvgIpc) is 2.91. The fraction of sp³-hybridized carbons (Fsp3) is 0.235. The quantitative estimate of drug-likeness (QED) is 0.878. The lowest BCUT2D eigenvalue weighted by Gasteiger charge is -2.26. The summed E-state index contributed by atoms with van der Waals surface area (Å²) in [4.78, 5) is 14.2. The van der Waals surface area contributed by atoms with Gasteiger partial charge in [-0.3, -0.25) is 9.69 Å². The van der Waals surface area contributed by atoms with E-state index >= 15 is 0 Å². The zero-order valence-corrected chi connectivity index (χ0v) is 13.2. The molecule has 1 aliphatic rings. The SMILES string of the molecule is CCOc1ccccc1N1C(=O)CS[C@H]1c1ccc(N)cc1. The van der Waals surface area contributed by atoms with E-state index < -0.39 is 0 Å². The van der Waals surface area contributed by atoms with Gasteiger partial charge in [-0.25, -0.2) is 0 Å². The molecule has 0 spiro atoms. The molecule has 1 saturated heterocycles. The molecule has 1 fully saturated rings. The number of nitrogens with zero attached hydrogens (tertiary/aromatic N) is 1. The Kier molecular flexibility index (Phi) is 4.24. The Labute approximate surface area is 134 Å². The van der Waals surface area contributed by atoms with Gasteiger partial charge < -0.3 is 10.5 Å². The van der Waals surface area contributed by atoms with Crippen molar-refractivity contribution in [1.29, 1.82) is 0 Å². The van der Waals surface area contributed by atoms with Crippen LogP contribution in [0.15, 0.2) is 48.5 Å². The number of carbonyl (C=O) groups excluding carboxylic acids is 1. The molecule has 0 radical (unpaired) electrons. The van der Waals surface area contributed by atoms with Crippen LogP contribution in [0.5, 0.6) is 5.75 Å². The van der Waals surface area contributed by atoms with Gasteiger partial charge in [-0.2, -0.15) is 0 Å². The second kappa shape index (κ2) is 6.32. The zero-order valence-electron chi connectivity index (χ0n) is 12.4. The van der Waals surface area contributed by atoms with Crippen molar-refractivity contribution in [2.45, 2.75) is 12.3 Å². The van der Waals surface area contributed by atoms with Crippen molar-refractivity contribution in [3.63, 3.8) is 0 Å². The number of nitrogens with two attached hydrogens (primary N) is 1. The Morgan fingerprint density at radius 2 is 1.95 bits per heavy atom. The summed E-state index contributed by atoms with van der Waals surface area (Å²) in [6.45, 7) is 2.51. The van der Waals surface area contributed by atoms with Crippen LogP contribution in [0, 0.1) is 0 Å². The lowest BCUT2D eigenvalue weighted by atomic mass is 10.1. The third kappa shape index (κ3) is 2.76.